The average Bonchev–Trinajstić information content (AvgIpc) is 3.38. The van der Waals surface area contributed by atoms with Crippen LogP contribution in [0.25, 0.3) is 11.8 Å². The van der Waals surface area contributed by atoms with Gasteiger partial charge in [0.25, 0.3) is 0 Å². The van der Waals surface area contributed by atoms with Gasteiger partial charge in [0, 0.05) is 19.3 Å². The van der Waals surface area contributed by atoms with Gasteiger partial charge in [-0.2, -0.15) is 22.6 Å². The zero-order valence-corrected chi connectivity index (χ0v) is 21.9. The van der Waals surface area contributed by atoms with E-state index in [2.05, 4.69) is 10.1 Å². The van der Waals surface area contributed by atoms with Crippen molar-refractivity contribution in [3.8, 4) is 5.69 Å². The molecule has 1 aliphatic carbocycles. The molecular formula is C29H23F3N4O3S. The van der Waals surface area contributed by atoms with Crippen LogP contribution in [-0.2, 0) is 22.6 Å². The lowest BCUT2D eigenvalue weighted by Crippen LogP contribution is -2.53. The normalized spacial score (nSPS) is 19.4. The van der Waals surface area contributed by atoms with Crippen molar-refractivity contribution in [1.82, 2.24) is 19.1 Å². The van der Waals surface area contributed by atoms with Crippen molar-refractivity contribution in [2.24, 2.45) is 5.41 Å². The van der Waals surface area contributed by atoms with Crippen molar-refractivity contribution in [2.75, 3.05) is 13.1 Å². The molecule has 2 aliphatic rings. The van der Waals surface area contributed by atoms with Crippen molar-refractivity contribution in [1.29, 1.82) is 0 Å². The minimum Gasteiger partial charge on any atom is -0.291 e. The van der Waals surface area contributed by atoms with Gasteiger partial charge in [0.05, 0.1) is 33.5 Å². The molecule has 6 rings (SSSR count). The molecule has 3 heterocycles. The maximum absolute atomic E-state index is 14.1. The first-order valence-corrected chi connectivity index (χ1v) is 14.0. The second-order valence-corrected chi connectivity index (χ2v) is 11.8. The number of carbonyl (C=O) groups excluding carboxylic acids is 1. The smallest absolute Gasteiger partial charge is 0.291 e. The molecule has 11 heteroatoms. The quantitative estimate of drug-likeness (QED) is 0.312. The third-order valence-electron chi connectivity index (χ3n) is 7.51. The van der Waals surface area contributed by atoms with Crippen molar-refractivity contribution in [3.63, 3.8) is 0 Å². The summed E-state index contributed by atoms with van der Waals surface area (Å²) in [4.78, 5) is 17.9. The molecule has 1 unspecified atom stereocenters. The molecule has 0 N–H and O–H groups in total. The summed E-state index contributed by atoms with van der Waals surface area (Å²) in [7, 11) is -4.35. The third kappa shape index (κ3) is 4.35. The van der Waals surface area contributed by atoms with Crippen LogP contribution in [-0.4, -0.2) is 46.4 Å². The van der Waals surface area contributed by atoms with Gasteiger partial charge in [0.1, 0.15) is 5.69 Å². The molecule has 1 aliphatic heterocycles. The highest BCUT2D eigenvalue weighted by Crippen LogP contribution is 2.47. The van der Waals surface area contributed by atoms with Crippen molar-refractivity contribution in [2.45, 2.75) is 23.9 Å². The number of rotatable bonds is 5. The van der Waals surface area contributed by atoms with Crippen molar-refractivity contribution >= 4 is 21.9 Å². The maximum Gasteiger partial charge on any atom is 0.416 e. The molecule has 204 valence electrons. The van der Waals surface area contributed by atoms with Crippen molar-refractivity contribution < 1.29 is 26.4 Å². The summed E-state index contributed by atoms with van der Waals surface area (Å²) in [6.45, 7) is -0.223. The van der Waals surface area contributed by atoms with Crippen LogP contribution in [0.4, 0.5) is 13.2 Å². The molecule has 7 nitrogen and oxygen atoms in total. The molecule has 2 aromatic carbocycles. The molecular weight excluding hydrogens is 541 g/mol. The highest BCUT2D eigenvalue weighted by Gasteiger charge is 2.51. The predicted molar refractivity (Wildman–Crippen MR) is 141 cm³/mol. The van der Waals surface area contributed by atoms with Gasteiger partial charge in [-0.3, -0.25) is 9.78 Å². The molecule has 1 fully saturated rings. The minimum absolute atomic E-state index is 0.0104. The highest BCUT2D eigenvalue weighted by molar-refractivity contribution is 7.89. The van der Waals surface area contributed by atoms with E-state index in [9.17, 15) is 26.4 Å². The number of ketones is 1. The number of sulfonamides is 1. The van der Waals surface area contributed by atoms with E-state index in [1.807, 2.05) is 36.4 Å². The summed E-state index contributed by atoms with van der Waals surface area (Å²) in [6, 6.07) is 18.1. The maximum atomic E-state index is 14.1. The molecule has 0 saturated carbocycles. The summed E-state index contributed by atoms with van der Waals surface area (Å²) >= 11 is 0. The number of hydrogen-bond acceptors (Lipinski definition) is 5. The molecule has 40 heavy (non-hydrogen) atoms. The number of para-hydroxylation sites is 1. The van der Waals surface area contributed by atoms with E-state index < -0.39 is 32.1 Å². The van der Waals surface area contributed by atoms with Gasteiger partial charge in [-0.25, -0.2) is 13.1 Å². The Hall–Kier alpha value is -4.09. The first-order chi connectivity index (χ1) is 19.1. The molecule has 1 saturated heterocycles. The number of pyridine rings is 1. The van der Waals surface area contributed by atoms with Gasteiger partial charge < -0.3 is 0 Å². The van der Waals surface area contributed by atoms with Gasteiger partial charge in [0.2, 0.25) is 10.0 Å². The first kappa shape index (κ1) is 26.1. The number of carbonyl (C=O) groups is 1. The first-order valence-electron chi connectivity index (χ1n) is 12.6. The van der Waals surface area contributed by atoms with Crippen LogP contribution in [0.2, 0.25) is 0 Å². The predicted octanol–water partition coefficient (Wildman–Crippen LogP) is 5.19. The van der Waals surface area contributed by atoms with Gasteiger partial charge in [-0.1, -0.05) is 35.9 Å². The Bertz CT molecular complexity index is 1740. The fourth-order valence-corrected chi connectivity index (χ4v) is 7.07. The van der Waals surface area contributed by atoms with Gasteiger partial charge >= 0.3 is 6.18 Å². The number of aromatic nitrogens is 3. The minimum atomic E-state index is -4.70. The summed E-state index contributed by atoms with van der Waals surface area (Å²) in [5.41, 5.74) is 0.984. The van der Waals surface area contributed by atoms with E-state index in [-0.39, 0.29) is 37.4 Å². The molecule has 0 bridgehead atoms. The average molecular weight is 565 g/mol. The number of hydrogen-bond donors (Lipinski definition) is 0. The fourth-order valence-electron chi connectivity index (χ4n) is 5.52. The second-order valence-electron chi connectivity index (χ2n) is 9.89. The largest absolute Gasteiger partial charge is 0.416 e. The molecule has 4 aromatic rings. The van der Waals surface area contributed by atoms with Crippen LogP contribution in [0.5, 0.6) is 0 Å². The Kier molecular flexibility index (Phi) is 6.23. The number of piperidine rings is 1. The highest BCUT2D eigenvalue weighted by atomic mass is 32.2. The number of Topliss-reactive ketones (excluding diaryl/α,β-unsaturated/α-hetero) is 1. The molecule has 1 atom stereocenters. The Morgan fingerprint density at radius 1 is 0.975 bits per heavy atom. The van der Waals surface area contributed by atoms with Crippen LogP contribution in [0.15, 0.2) is 95.7 Å². The van der Waals surface area contributed by atoms with E-state index in [1.165, 1.54) is 6.20 Å². The van der Waals surface area contributed by atoms with Crippen LogP contribution >= 0.6 is 0 Å². The third-order valence-corrected chi connectivity index (χ3v) is 9.35. The zero-order valence-electron chi connectivity index (χ0n) is 21.0. The molecule has 2 aromatic heterocycles. The van der Waals surface area contributed by atoms with E-state index >= 15 is 0 Å². The van der Waals surface area contributed by atoms with Crippen LogP contribution < -0.4 is 0 Å². The monoisotopic (exact) mass is 564 g/mol. The number of halogens is 3. The lowest BCUT2D eigenvalue weighted by Gasteiger charge is -2.44. The van der Waals surface area contributed by atoms with Gasteiger partial charge in [0.15, 0.2) is 5.78 Å². The summed E-state index contributed by atoms with van der Waals surface area (Å²) in [5, 5.41) is 4.54. The number of nitrogens with zero attached hydrogens (tertiary/aromatic N) is 4. The van der Waals surface area contributed by atoms with E-state index in [0.29, 0.717) is 6.07 Å². The SMILES string of the molecule is O=C(c1ccccn1)C12Cc3cnn(-c4ccccc4)c3C=C1CCN(S(=O)(=O)c1cccc(C(F)(F)F)c1)C2. The Labute approximate surface area is 228 Å². The van der Waals surface area contributed by atoms with Gasteiger partial charge in [-0.05, 0) is 66.9 Å². The summed E-state index contributed by atoms with van der Waals surface area (Å²) in [5.74, 6) is -0.346. The Balaban J connectivity index is 1.44. The van der Waals surface area contributed by atoms with E-state index in [1.54, 1.807) is 29.1 Å². The Morgan fingerprint density at radius 2 is 1.75 bits per heavy atom. The van der Waals surface area contributed by atoms with Crippen LogP contribution in [0, 0.1) is 5.41 Å². The molecule has 0 amide bonds. The number of benzene rings is 2. The molecule has 0 radical (unpaired) electrons. The van der Waals surface area contributed by atoms with Gasteiger partial charge in [-0.15, -0.1) is 0 Å². The Morgan fingerprint density at radius 3 is 2.48 bits per heavy atom. The number of alkyl halides is 3. The van der Waals surface area contributed by atoms with Crippen LogP contribution in [0.1, 0.15) is 33.7 Å². The fraction of sp³-hybridized carbons (Fsp3) is 0.207. The number of fused-ring (bicyclic) bond motifs is 2. The van der Waals surface area contributed by atoms with Crippen molar-refractivity contribution in [3.05, 3.63) is 113 Å². The standard InChI is InChI=1S/C29H23F3N4O3S/c30-29(31,32)22-7-6-10-24(15-22)40(38,39)35-14-12-21-16-26-20(18-34-36(26)23-8-2-1-3-9-23)17-28(21,19-35)27(37)25-11-4-5-13-33-25/h1-11,13,15-16,18H,12,14,17,19H2. The van der Waals surface area contributed by atoms with E-state index in [4.69, 9.17) is 0 Å². The lowest BCUT2D eigenvalue weighted by atomic mass is 9.65. The molecule has 0 spiro atoms. The topological polar surface area (TPSA) is 85.2 Å². The summed E-state index contributed by atoms with van der Waals surface area (Å²) < 4.78 is 70.3. The summed E-state index contributed by atoms with van der Waals surface area (Å²) in [6.07, 6.45) is 0.755. The lowest BCUT2D eigenvalue weighted by molar-refractivity contribution is -0.137. The second kappa shape index (κ2) is 9.53. The van der Waals surface area contributed by atoms with Crippen LogP contribution in [0.3, 0.4) is 0 Å². The zero-order chi connectivity index (χ0) is 28.1. The van der Waals surface area contributed by atoms with E-state index in [0.717, 1.165) is 45.0 Å².